The third kappa shape index (κ3) is 1.45. The molecule has 0 bridgehead atoms. The van der Waals surface area contributed by atoms with Gasteiger partial charge in [-0.15, -0.1) is 11.6 Å². The molecule has 0 N–H and O–H groups in total. The molecule has 52 valence electrons. The largest absolute Gasteiger partial charge is 0.243 e. The van der Waals surface area contributed by atoms with Crippen LogP contribution in [0.1, 0.15) is 19.3 Å². The van der Waals surface area contributed by atoms with Crippen molar-refractivity contribution >= 4 is 11.6 Å². The van der Waals surface area contributed by atoms with Crippen LogP contribution >= 0.6 is 11.6 Å². The third-order valence-electron chi connectivity index (χ3n) is 1.72. The van der Waals surface area contributed by atoms with Crippen LogP contribution in [0.3, 0.4) is 0 Å². The average molecular weight is 149 g/mol. The van der Waals surface area contributed by atoms with E-state index in [0.717, 1.165) is 12.8 Å². The van der Waals surface area contributed by atoms with E-state index >= 15 is 0 Å². The molecule has 0 nitrogen and oxygen atoms in total. The van der Waals surface area contributed by atoms with Gasteiger partial charge in [-0.3, -0.25) is 0 Å². The Morgan fingerprint density at radius 3 is 2.67 bits per heavy atom. The standard InChI is InChI=1S/C7H10ClF/c1-5-6(8)3-2-4-7(5)9/h6-7H,1-4H2. The minimum atomic E-state index is -0.846. The summed E-state index contributed by atoms with van der Waals surface area (Å²) in [5.41, 5.74) is 0.572. The smallest absolute Gasteiger partial charge is 0.122 e. The molecule has 0 radical (unpaired) electrons. The van der Waals surface area contributed by atoms with Gasteiger partial charge in [0, 0.05) is 0 Å². The van der Waals surface area contributed by atoms with Crippen molar-refractivity contribution in [3.63, 3.8) is 0 Å². The lowest BCUT2D eigenvalue weighted by molar-refractivity contribution is 0.320. The highest BCUT2D eigenvalue weighted by molar-refractivity contribution is 6.22. The predicted octanol–water partition coefficient (Wildman–Crippen LogP) is 2.67. The molecule has 1 aliphatic rings. The van der Waals surface area contributed by atoms with Gasteiger partial charge in [-0.05, 0) is 24.8 Å². The van der Waals surface area contributed by atoms with E-state index in [-0.39, 0.29) is 5.38 Å². The summed E-state index contributed by atoms with van der Waals surface area (Å²) in [5.74, 6) is 0. The number of hydrogen-bond donors (Lipinski definition) is 0. The molecular formula is C7H10ClF. The summed E-state index contributed by atoms with van der Waals surface area (Å²) in [6.07, 6.45) is 1.55. The fraction of sp³-hybridized carbons (Fsp3) is 0.714. The van der Waals surface area contributed by atoms with Crippen molar-refractivity contribution in [3.8, 4) is 0 Å². The van der Waals surface area contributed by atoms with Crippen LogP contribution in [-0.2, 0) is 0 Å². The lowest BCUT2D eigenvalue weighted by Gasteiger charge is -2.21. The minimum absolute atomic E-state index is 0.117. The van der Waals surface area contributed by atoms with Crippen LogP contribution in [0.15, 0.2) is 12.2 Å². The highest BCUT2D eigenvalue weighted by Crippen LogP contribution is 2.28. The Bertz CT molecular complexity index is 110. The van der Waals surface area contributed by atoms with Crippen LogP contribution in [0.2, 0.25) is 0 Å². The number of allylic oxidation sites excluding steroid dienone is 1. The Balaban J connectivity index is 2.52. The van der Waals surface area contributed by atoms with Crippen LogP contribution in [0, 0.1) is 0 Å². The van der Waals surface area contributed by atoms with Crippen LogP contribution in [0.4, 0.5) is 4.39 Å². The van der Waals surface area contributed by atoms with Crippen molar-refractivity contribution < 1.29 is 4.39 Å². The zero-order valence-corrected chi connectivity index (χ0v) is 5.99. The fourth-order valence-electron chi connectivity index (χ4n) is 1.04. The Labute approximate surface area is 59.7 Å². The van der Waals surface area contributed by atoms with E-state index in [1.165, 1.54) is 0 Å². The van der Waals surface area contributed by atoms with Gasteiger partial charge in [0.1, 0.15) is 6.17 Å². The molecule has 1 aliphatic carbocycles. The van der Waals surface area contributed by atoms with Gasteiger partial charge in [0.2, 0.25) is 0 Å². The maximum Gasteiger partial charge on any atom is 0.122 e. The SMILES string of the molecule is C=C1C(F)CCCC1Cl. The molecule has 0 spiro atoms. The summed E-state index contributed by atoms with van der Waals surface area (Å²) < 4.78 is 12.6. The van der Waals surface area contributed by atoms with Crippen molar-refractivity contribution in [1.82, 2.24) is 0 Å². The Morgan fingerprint density at radius 2 is 2.22 bits per heavy atom. The van der Waals surface area contributed by atoms with Crippen molar-refractivity contribution in [2.75, 3.05) is 0 Å². The summed E-state index contributed by atoms with van der Waals surface area (Å²) in [5, 5.41) is -0.117. The molecule has 0 aliphatic heterocycles. The van der Waals surface area contributed by atoms with E-state index in [1.807, 2.05) is 0 Å². The van der Waals surface area contributed by atoms with Gasteiger partial charge in [-0.1, -0.05) is 6.58 Å². The molecule has 1 fully saturated rings. The molecule has 0 heterocycles. The first-order chi connectivity index (χ1) is 4.22. The summed E-state index contributed by atoms with van der Waals surface area (Å²) in [6.45, 7) is 3.57. The monoisotopic (exact) mass is 148 g/mol. The maximum atomic E-state index is 12.6. The molecule has 0 aromatic rings. The highest BCUT2D eigenvalue weighted by Gasteiger charge is 2.23. The normalized spacial score (nSPS) is 36.9. The molecule has 1 rings (SSSR count). The first-order valence-corrected chi connectivity index (χ1v) is 3.62. The molecule has 0 aromatic heterocycles. The Kier molecular flexibility index (Phi) is 2.12. The second-order valence-electron chi connectivity index (χ2n) is 2.44. The van der Waals surface area contributed by atoms with Crippen molar-refractivity contribution in [3.05, 3.63) is 12.2 Å². The molecule has 9 heavy (non-hydrogen) atoms. The van der Waals surface area contributed by atoms with E-state index in [2.05, 4.69) is 6.58 Å². The molecule has 0 amide bonds. The zero-order chi connectivity index (χ0) is 6.85. The quantitative estimate of drug-likeness (QED) is 0.366. The molecule has 2 atom stereocenters. The lowest BCUT2D eigenvalue weighted by Crippen LogP contribution is -2.19. The van der Waals surface area contributed by atoms with Crippen molar-refractivity contribution in [2.24, 2.45) is 0 Å². The van der Waals surface area contributed by atoms with Gasteiger partial charge in [0.25, 0.3) is 0 Å². The maximum absolute atomic E-state index is 12.6. The minimum Gasteiger partial charge on any atom is -0.243 e. The molecule has 0 saturated heterocycles. The number of rotatable bonds is 0. The van der Waals surface area contributed by atoms with E-state index in [9.17, 15) is 4.39 Å². The third-order valence-corrected chi connectivity index (χ3v) is 2.22. The first-order valence-electron chi connectivity index (χ1n) is 3.18. The van der Waals surface area contributed by atoms with Gasteiger partial charge < -0.3 is 0 Å². The first kappa shape index (κ1) is 7.07. The summed E-state index contributed by atoms with van der Waals surface area (Å²) in [7, 11) is 0. The van der Waals surface area contributed by atoms with Gasteiger partial charge in [-0.25, -0.2) is 4.39 Å². The summed E-state index contributed by atoms with van der Waals surface area (Å²) in [4.78, 5) is 0. The molecular weight excluding hydrogens is 139 g/mol. The fourth-order valence-corrected chi connectivity index (χ4v) is 1.33. The highest BCUT2D eigenvalue weighted by atomic mass is 35.5. The second kappa shape index (κ2) is 2.70. The van der Waals surface area contributed by atoms with E-state index < -0.39 is 6.17 Å². The van der Waals surface area contributed by atoms with Crippen LogP contribution in [-0.4, -0.2) is 11.5 Å². The number of alkyl halides is 2. The topological polar surface area (TPSA) is 0 Å². The Hall–Kier alpha value is -0.0400. The van der Waals surface area contributed by atoms with Gasteiger partial charge >= 0.3 is 0 Å². The van der Waals surface area contributed by atoms with Gasteiger partial charge in [0.15, 0.2) is 0 Å². The predicted molar refractivity (Wildman–Crippen MR) is 37.5 cm³/mol. The van der Waals surface area contributed by atoms with Crippen molar-refractivity contribution in [1.29, 1.82) is 0 Å². The summed E-state index contributed by atoms with van der Waals surface area (Å²) in [6, 6.07) is 0. The molecule has 2 heteroatoms. The van der Waals surface area contributed by atoms with E-state index in [4.69, 9.17) is 11.6 Å². The van der Waals surface area contributed by atoms with Gasteiger partial charge in [0.05, 0.1) is 5.38 Å². The van der Waals surface area contributed by atoms with Crippen molar-refractivity contribution in [2.45, 2.75) is 30.8 Å². The average Bonchev–Trinajstić information content (AvgIpc) is 1.83. The van der Waals surface area contributed by atoms with Crippen LogP contribution in [0.25, 0.3) is 0 Å². The number of hydrogen-bond acceptors (Lipinski definition) is 0. The van der Waals surface area contributed by atoms with E-state index in [0.29, 0.717) is 12.0 Å². The van der Waals surface area contributed by atoms with E-state index in [1.54, 1.807) is 0 Å². The van der Waals surface area contributed by atoms with Crippen LogP contribution in [0.5, 0.6) is 0 Å². The second-order valence-corrected chi connectivity index (χ2v) is 2.97. The van der Waals surface area contributed by atoms with Crippen LogP contribution < -0.4 is 0 Å². The molecule has 1 saturated carbocycles. The lowest BCUT2D eigenvalue weighted by atomic mass is 9.94. The summed E-state index contributed by atoms with van der Waals surface area (Å²) >= 11 is 5.72. The molecule has 2 unspecified atom stereocenters. The Morgan fingerprint density at radius 1 is 1.56 bits per heavy atom. The zero-order valence-electron chi connectivity index (χ0n) is 5.24. The molecule has 0 aromatic carbocycles. The van der Waals surface area contributed by atoms with Gasteiger partial charge in [-0.2, -0.15) is 0 Å². The number of halogens is 2.